The van der Waals surface area contributed by atoms with Gasteiger partial charge in [-0.1, -0.05) is 6.92 Å². The van der Waals surface area contributed by atoms with Crippen LogP contribution in [0.2, 0.25) is 0 Å². The minimum Gasteiger partial charge on any atom is -0.334 e. The van der Waals surface area contributed by atoms with Crippen LogP contribution in [0.25, 0.3) is 0 Å². The molecule has 1 aromatic heterocycles. The fourth-order valence-electron chi connectivity index (χ4n) is 3.55. The smallest absolute Gasteiger partial charge is 0.238 e. The maximum absolute atomic E-state index is 12.7. The Morgan fingerprint density at radius 3 is 2.78 bits per heavy atom. The second-order valence-electron chi connectivity index (χ2n) is 6.66. The van der Waals surface area contributed by atoms with Crippen molar-refractivity contribution in [3.63, 3.8) is 0 Å². The first-order valence-electron chi connectivity index (χ1n) is 8.17. The topological polar surface area (TPSA) is 66.5 Å². The molecule has 3 rings (SSSR count). The molecule has 0 bridgehead atoms. The molecular weight excluding hydrogens is 332 g/mol. The molecule has 1 saturated carbocycles. The van der Waals surface area contributed by atoms with E-state index in [1.807, 2.05) is 21.7 Å². The molecule has 128 valence electrons. The van der Waals surface area contributed by atoms with Gasteiger partial charge in [0.1, 0.15) is 5.75 Å². The van der Waals surface area contributed by atoms with E-state index in [4.69, 9.17) is 0 Å². The van der Waals surface area contributed by atoms with Crippen molar-refractivity contribution in [2.75, 3.05) is 24.6 Å². The number of hydrogen-bond donors (Lipinski definition) is 1. The molecule has 1 aliphatic heterocycles. The van der Waals surface area contributed by atoms with Crippen molar-refractivity contribution in [2.24, 2.45) is 5.41 Å². The molecule has 1 unspecified atom stereocenters. The first kappa shape index (κ1) is 16.9. The largest absolute Gasteiger partial charge is 0.334 e. The van der Waals surface area contributed by atoms with E-state index in [2.05, 4.69) is 5.32 Å². The number of carbonyl (C=O) groups is 1. The van der Waals surface area contributed by atoms with Gasteiger partial charge in [0.05, 0.1) is 0 Å². The number of nitrogens with one attached hydrogen (secondary N) is 1. The lowest BCUT2D eigenvalue weighted by molar-refractivity contribution is -0.130. The Morgan fingerprint density at radius 2 is 2.17 bits per heavy atom. The molecule has 23 heavy (non-hydrogen) atoms. The Kier molecular flexibility index (Phi) is 4.80. The van der Waals surface area contributed by atoms with Gasteiger partial charge in [-0.25, -0.2) is 8.42 Å². The highest BCUT2D eigenvalue weighted by Crippen LogP contribution is 2.56. The van der Waals surface area contributed by atoms with Crippen molar-refractivity contribution in [3.05, 3.63) is 22.4 Å². The molecule has 1 amide bonds. The SMILES string of the molecule is CCS(=O)(=O)CC(=O)N(Cc1ccsc1)C1CC12CCNCC2. The summed E-state index contributed by atoms with van der Waals surface area (Å²) in [6, 6.07) is 2.21. The van der Waals surface area contributed by atoms with E-state index >= 15 is 0 Å². The normalized spacial score (nSPS) is 22.9. The molecule has 1 aromatic rings. The van der Waals surface area contributed by atoms with Crippen LogP contribution < -0.4 is 5.32 Å². The van der Waals surface area contributed by atoms with Crippen LogP contribution in [-0.2, 0) is 21.2 Å². The van der Waals surface area contributed by atoms with Crippen molar-refractivity contribution in [3.8, 4) is 0 Å². The highest BCUT2D eigenvalue weighted by molar-refractivity contribution is 7.92. The van der Waals surface area contributed by atoms with Crippen LogP contribution in [0.5, 0.6) is 0 Å². The first-order valence-corrected chi connectivity index (χ1v) is 10.9. The number of rotatable bonds is 6. The fourth-order valence-corrected chi connectivity index (χ4v) is 4.96. The molecule has 1 N–H and O–H groups in total. The van der Waals surface area contributed by atoms with Gasteiger partial charge in [0.15, 0.2) is 9.84 Å². The number of sulfone groups is 1. The Bertz CT molecular complexity index is 649. The van der Waals surface area contributed by atoms with Gasteiger partial charge in [0.2, 0.25) is 5.91 Å². The monoisotopic (exact) mass is 356 g/mol. The van der Waals surface area contributed by atoms with Crippen molar-refractivity contribution in [1.82, 2.24) is 10.2 Å². The summed E-state index contributed by atoms with van der Waals surface area (Å²) in [6.45, 7) is 4.10. The minimum atomic E-state index is -3.29. The summed E-state index contributed by atoms with van der Waals surface area (Å²) in [5.41, 5.74) is 1.31. The summed E-state index contributed by atoms with van der Waals surface area (Å²) in [6.07, 6.45) is 3.16. The quantitative estimate of drug-likeness (QED) is 0.842. The molecule has 2 heterocycles. The van der Waals surface area contributed by atoms with Gasteiger partial charge >= 0.3 is 0 Å². The maximum atomic E-state index is 12.7. The van der Waals surface area contributed by atoms with Crippen LogP contribution in [0, 0.1) is 5.41 Å². The first-order chi connectivity index (χ1) is 11.0. The van der Waals surface area contributed by atoms with E-state index < -0.39 is 9.84 Å². The van der Waals surface area contributed by atoms with Gasteiger partial charge in [-0.05, 0) is 60.2 Å². The molecule has 1 saturated heterocycles. The molecule has 2 aliphatic rings. The van der Waals surface area contributed by atoms with Gasteiger partial charge in [-0.15, -0.1) is 0 Å². The number of amides is 1. The molecule has 2 fully saturated rings. The van der Waals surface area contributed by atoms with E-state index in [1.165, 1.54) is 0 Å². The standard InChI is InChI=1S/C16H24N2O3S2/c1-2-23(20,21)12-15(19)18(10-13-3-8-22-11-13)14-9-16(14)4-6-17-7-5-16/h3,8,11,14,17H,2,4-7,9-10,12H2,1H3. The molecule has 1 spiro atoms. The number of piperidine rings is 1. The maximum Gasteiger partial charge on any atom is 0.238 e. The number of nitrogens with zero attached hydrogens (tertiary/aromatic N) is 1. The van der Waals surface area contributed by atoms with Crippen molar-refractivity contribution >= 4 is 27.1 Å². The molecule has 0 aromatic carbocycles. The highest BCUT2D eigenvalue weighted by atomic mass is 32.2. The lowest BCUT2D eigenvalue weighted by atomic mass is 9.93. The lowest BCUT2D eigenvalue weighted by Gasteiger charge is -2.29. The summed E-state index contributed by atoms with van der Waals surface area (Å²) in [5.74, 6) is -0.582. The third-order valence-corrected chi connectivity index (χ3v) is 7.46. The van der Waals surface area contributed by atoms with Crippen LogP contribution in [-0.4, -0.2) is 49.9 Å². The molecule has 1 atom stereocenters. The Morgan fingerprint density at radius 1 is 1.43 bits per heavy atom. The number of carbonyl (C=O) groups excluding carboxylic acids is 1. The van der Waals surface area contributed by atoms with E-state index in [0.29, 0.717) is 6.54 Å². The Hall–Kier alpha value is -0.920. The zero-order chi connectivity index (χ0) is 16.5. The second-order valence-corrected chi connectivity index (χ2v) is 9.80. The van der Waals surface area contributed by atoms with Crippen molar-refractivity contribution < 1.29 is 13.2 Å². The summed E-state index contributed by atoms with van der Waals surface area (Å²) in [7, 11) is -3.29. The molecule has 5 nitrogen and oxygen atoms in total. The Labute approximate surface area is 142 Å². The fraction of sp³-hybridized carbons (Fsp3) is 0.688. The van der Waals surface area contributed by atoms with Crippen LogP contribution in [0.3, 0.4) is 0 Å². The highest BCUT2D eigenvalue weighted by Gasteiger charge is 2.57. The molecule has 0 radical (unpaired) electrons. The van der Waals surface area contributed by atoms with E-state index in [1.54, 1.807) is 18.3 Å². The predicted octanol–water partition coefficient (Wildman–Crippen LogP) is 1.65. The number of thiophene rings is 1. The zero-order valence-corrected chi connectivity index (χ0v) is 15.1. The van der Waals surface area contributed by atoms with Gasteiger partial charge < -0.3 is 10.2 Å². The van der Waals surface area contributed by atoms with Gasteiger partial charge in [-0.3, -0.25) is 4.79 Å². The third-order valence-electron chi connectivity index (χ3n) is 5.16. The second kappa shape index (κ2) is 6.53. The number of hydrogen-bond acceptors (Lipinski definition) is 5. The Balaban J connectivity index is 1.76. The van der Waals surface area contributed by atoms with Crippen LogP contribution >= 0.6 is 11.3 Å². The predicted molar refractivity (Wildman–Crippen MR) is 92.1 cm³/mol. The van der Waals surface area contributed by atoms with E-state index in [9.17, 15) is 13.2 Å². The van der Waals surface area contributed by atoms with Crippen LogP contribution in [0.1, 0.15) is 31.7 Å². The van der Waals surface area contributed by atoms with Crippen molar-refractivity contribution in [1.29, 1.82) is 0 Å². The molecule has 7 heteroatoms. The summed E-state index contributed by atoms with van der Waals surface area (Å²) >= 11 is 1.60. The summed E-state index contributed by atoms with van der Waals surface area (Å²) in [4.78, 5) is 14.5. The third kappa shape index (κ3) is 3.78. The summed E-state index contributed by atoms with van der Waals surface area (Å²) < 4.78 is 23.7. The van der Waals surface area contributed by atoms with Gasteiger partial charge in [-0.2, -0.15) is 11.3 Å². The summed E-state index contributed by atoms with van der Waals surface area (Å²) in [5, 5.41) is 7.39. The van der Waals surface area contributed by atoms with Crippen LogP contribution in [0.15, 0.2) is 16.8 Å². The van der Waals surface area contributed by atoms with E-state index in [0.717, 1.165) is 37.9 Å². The average Bonchev–Trinajstić information content (AvgIpc) is 2.97. The van der Waals surface area contributed by atoms with Crippen LogP contribution in [0.4, 0.5) is 0 Å². The average molecular weight is 357 g/mol. The zero-order valence-electron chi connectivity index (χ0n) is 13.5. The van der Waals surface area contributed by atoms with Gasteiger partial charge in [0, 0.05) is 18.3 Å². The van der Waals surface area contributed by atoms with E-state index in [-0.39, 0.29) is 28.9 Å². The van der Waals surface area contributed by atoms with Crippen molar-refractivity contribution in [2.45, 2.75) is 38.8 Å². The molecule has 1 aliphatic carbocycles. The lowest BCUT2D eigenvalue weighted by Crippen LogP contribution is -2.41. The molecular formula is C16H24N2O3S2. The minimum absolute atomic E-state index is 0.0186. The van der Waals surface area contributed by atoms with Gasteiger partial charge in [0.25, 0.3) is 0 Å².